The molecule has 1 aliphatic heterocycles. The number of amides is 2. The minimum absolute atomic E-state index is 0.104. The monoisotopic (exact) mass is 427 g/mol. The molecule has 2 heterocycles. The Hall–Kier alpha value is -2.54. The maximum Gasteiger partial charge on any atom is 0.264 e. The Morgan fingerprint density at radius 2 is 1.90 bits per heavy atom. The van der Waals surface area contributed by atoms with E-state index < -0.39 is 0 Å². The van der Waals surface area contributed by atoms with E-state index in [9.17, 15) is 14.4 Å². The van der Waals surface area contributed by atoms with Crippen molar-refractivity contribution in [3.63, 3.8) is 0 Å². The number of benzene rings is 1. The maximum absolute atomic E-state index is 13.3. The molecule has 0 spiro atoms. The van der Waals surface area contributed by atoms with Crippen LogP contribution in [0.25, 0.3) is 0 Å². The van der Waals surface area contributed by atoms with Gasteiger partial charge in [-0.15, -0.1) is 0 Å². The largest absolute Gasteiger partial charge is 0.342 e. The molecule has 1 aliphatic rings. The quantitative estimate of drug-likeness (QED) is 0.682. The lowest BCUT2D eigenvalue weighted by Gasteiger charge is -2.31. The molecule has 0 radical (unpaired) electrons. The van der Waals surface area contributed by atoms with Crippen molar-refractivity contribution in [2.24, 2.45) is 0 Å². The Labute approximate surface area is 181 Å². The van der Waals surface area contributed by atoms with Crippen LogP contribution in [0.5, 0.6) is 0 Å². The molecule has 0 aliphatic carbocycles. The van der Waals surface area contributed by atoms with Crippen molar-refractivity contribution in [3.8, 4) is 0 Å². The summed E-state index contributed by atoms with van der Waals surface area (Å²) in [5, 5.41) is 0. The topological polar surface area (TPSA) is 62.6 Å². The van der Waals surface area contributed by atoms with Gasteiger partial charge in [0.15, 0.2) is 0 Å². The molecule has 3 rings (SSSR count). The van der Waals surface area contributed by atoms with E-state index in [1.54, 1.807) is 28.3 Å². The average molecular weight is 428 g/mol. The van der Waals surface area contributed by atoms with Crippen molar-refractivity contribution < 1.29 is 9.59 Å². The van der Waals surface area contributed by atoms with Crippen molar-refractivity contribution in [2.45, 2.75) is 33.4 Å². The van der Waals surface area contributed by atoms with Gasteiger partial charge in [0.25, 0.3) is 11.5 Å². The first kappa shape index (κ1) is 22.2. The Bertz CT molecular complexity index is 972. The van der Waals surface area contributed by atoms with Crippen LogP contribution >= 0.6 is 11.8 Å². The molecule has 30 heavy (non-hydrogen) atoms. The number of nitrogens with zero attached hydrogens (tertiary/aromatic N) is 3. The summed E-state index contributed by atoms with van der Waals surface area (Å²) in [6.07, 6.45) is 2.36. The van der Waals surface area contributed by atoms with E-state index in [-0.39, 0.29) is 22.9 Å². The van der Waals surface area contributed by atoms with Crippen LogP contribution in [0.4, 0.5) is 0 Å². The molecule has 0 unspecified atom stereocenters. The first-order valence-electron chi connectivity index (χ1n) is 10.4. The summed E-state index contributed by atoms with van der Waals surface area (Å²) in [5.74, 6) is 1.21. The second-order valence-corrected chi connectivity index (χ2v) is 8.72. The van der Waals surface area contributed by atoms with Crippen molar-refractivity contribution in [2.75, 3.05) is 31.6 Å². The van der Waals surface area contributed by atoms with Gasteiger partial charge in [-0.25, -0.2) is 0 Å². The number of hydrogen-bond acceptors (Lipinski definition) is 4. The average Bonchev–Trinajstić information content (AvgIpc) is 2.77. The molecule has 1 aromatic heterocycles. The fourth-order valence-electron chi connectivity index (χ4n) is 3.66. The molecule has 0 saturated carbocycles. The van der Waals surface area contributed by atoms with Gasteiger partial charge >= 0.3 is 0 Å². The maximum atomic E-state index is 13.3. The molecular weight excluding hydrogens is 398 g/mol. The number of rotatable bonds is 7. The number of carbonyl (C=O) groups is 2. The van der Waals surface area contributed by atoms with Crippen LogP contribution in [-0.4, -0.2) is 57.8 Å². The zero-order valence-electron chi connectivity index (χ0n) is 17.9. The third-order valence-electron chi connectivity index (χ3n) is 5.48. The van der Waals surface area contributed by atoms with E-state index in [0.717, 1.165) is 22.4 Å². The lowest BCUT2D eigenvalue weighted by Crippen LogP contribution is -2.42. The Morgan fingerprint density at radius 1 is 1.17 bits per heavy atom. The van der Waals surface area contributed by atoms with Gasteiger partial charge in [-0.3, -0.25) is 14.4 Å². The van der Waals surface area contributed by atoms with E-state index >= 15 is 0 Å². The van der Waals surface area contributed by atoms with Gasteiger partial charge in [0.05, 0.1) is 12.3 Å². The van der Waals surface area contributed by atoms with Crippen molar-refractivity contribution >= 4 is 23.6 Å². The lowest BCUT2D eigenvalue weighted by atomic mass is 9.95. The Balaban J connectivity index is 2.02. The fourth-order valence-corrected chi connectivity index (χ4v) is 4.22. The first-order valence-corrected chi connectivity index (χ1v) is 11.5. The van der Waals surface area contributed by atoms with Crippen LogP contribution < -0.4 is 5.56 Å². The molecule has 0 saturated heterocycles. The predicted molar refractivity (Wildman–Crippen MR) is 121 cm³/mol. The van der Waals surface area contributed by atoms with Gasteiger partial charge in [-0.1, -0.05) is 37.3 Å². The number of carbonyl (C=O) groups excluding carboxylic acids is 2. The summed E-state index contributed by atoms with van der Waals surface area (Å²) in [6, 6.07) is 9.72. The zero-order chi connectivity index (χ0) is 21.7. The van der Waals surface area contributed by atoms with Crippen LogP contribution in [0.2, 0.25) is 0 Å². The number of hydrogen-bond donors (Lipinski definition) is 0. The molecule has 7 heteroatoms. The minimum Gasteiger partial charge on any atom is -0.342 e. The minimum atomic E-state index is -0.260. The molecule has 2 aromatic rings. The second kappa shape index (κ2) is 9.98. The fraction of sp³-hybridized carbons (Fsp3) is 0.435. The van der Waals surface area contributed by atoms with Gasteiger partial charge in [-0.2, -0.15) is 11.8 Å². The highest BCUT2D eigenvalue weighted by Gasteiger charge is 2.29. The predicted octanol–water partition coefficient (Wildman–Crippen LogP) is 2.63. The lowest BCUT2D eigenvalue weighted by molar-refractivity contribution is -0.129. The van der Waals surface area contributed by atoms with E-state index in [0.29, 0.717) is 38.4 Å². The summed E-state index contributed by atoms with van der Waals surface area (Å²) in [5.41, 5.74) is 2.67. The van der Waals surface area contributed by atoms with E-state index in [4.69, 9.17) is 0 Å². The third-order valence-corrected chi connectivity index (χ3v) is 6.34. The molecule has 1 aromatic carbocycles. The number of fused-ring (bicyclic) bond motifs is 1. The van der Waals surface area contributed by atoms with Gasteiger partial charge < -0.3 is 14.4 Å². The standard InChI is InChI=1S/C23H29N3O3S/c1-4-24(3)22(28)21-19-11-12-25(20(27)16-30-5-2)14-18(19)15-26(23(21)29)13-17-9-7-6-8-10-17/h6-10,15H,4-5,11-14,16H2,1-3H3. The molecule has 0 atom stereocenters. The number of aromatic nitrogens is 1. The second-order valence-electron chi connectivity index (χ2n) is 7.45. The number of pyridine rings is 1. The molecule has 2 amide bonds. The normalized spacial score (nSPS) is 13.1. The highest BCUT2D eigenvalue weighted by Crippen LogP contribution is 2.23. The molecular formula is C23H29N3O3S. The highest BCUT2D eigenvalue weighted by atomic mass is 32.2. The molecule has 0 N–H and O–H groups in total. The van der Waals surface area contributed by atoms with E-state index in [1.807, 2.05) is 55.3 Å². The van der Waals surface area contributed by atoms with Gasteiger partial charge in [-0.05, 0) is 35.8 Å². The Kier molecular flexibility index (Phi) is 7.37. The van der Waals surface area contributed by atoms with Gasteiger partial charge in [0.1, 0.15) is 5.56 Å². The first-order chi connectivity index (χ1) is 14.5. The van der Waals surface area contributed by atoms with Crippen LogP contribution in [0.3, 0.4) is 0 Å². The van der Waals surface area contributed by atoms with Crippen LogP contribution in [0, 0.1) is 0 Å². The molecule has 160 valence electrons. The zero-order valence-corrected chi connectivity index (χ0v) is 18.7. The van der Waals surface area contributed by atoms with Gasteiger partial charge in [0.2, 0.25) is 5.91 Å². The summed E-state index contributed by atoms with van der Waals surface area (Å²) < 4.78 is 1.61. The van der Waals surface area contributed by atoms with Crippen LogP contribution in [0.1, 0.15) is 40.9 Å². The summed E-state index contributed by atoms with van der Waals surface area (Å²) in [4.78, 5) is 42.3. The Morgan fingerprint density at radius 3 is 2.57 bits per heavy atom. The van der Waals surface area contributed by atoms with Crippen LogP contribution in [-0.2, 0) is 24.3 Å². The SMILES string of the molecule is CCSCC(=O)N1CCc2c(cn(Cc3ccccc3)c(=O)c2C(=O)N(C)CC)C1. The summed E-state index contributed by atoms with van der Waals surface area (Å²) in [6.45, 7) is 5.82. The van der Waals surface area contributed by atoms with Crippen molar-refractivity contribution in [1.29, 1.82) is 0 Å². The molecule has 6 nitrogen and oxygen atoms in total. The van der Waals surface area contributed by atoms with Crippen molar-refractivity contribution in [3.05, 3.63) is 69.1 Å². The molecule has 0 bridgehead atoms. The van der Waals surface area contributed by atoms with E-state index in [2.05, 4.69) is 0 Å². The summed E-state index contributed by atoms with van der Waals surface area (Å²) in [7, 11) is 1.71. The molecule has 0 fully saturated rings. The van der Waals surface area contributed by atoms with Crippen molar-refractivity contribution in [1.82, 2.24) is 14.4 Å². The van der Waals surface area contributed by atoms with E-state index in [1.165, 1.54) is 0 Å². The highest BCUT2D eigenvalue weighted by molar-refractivity contribution is 7.99. The van der Waals surface area contributed by atoms with Gasteiger partial charge in [0, 0.05) is 32.9 Å². The third kappa shape index (κ3) is 4.78. The van der Waals surface area contributed by atoms with Crippen LogP contribution in [0.15, 0.2) is 41.3 Å². The number of thioether (sulfide) groups is 1. The summed E-state index contributed by atoms with van der Waals surface area (Å²) >= 11 is 1.61. The smallest absolute Gasteiger partial charge is 0.264 e.